The summed E-state index contributed by atoms with van der Waals surface area (Å²) in [5.74, 6) is 1.63. The van der Waals surface area contributed by atoms with Crippen molar-refractivity contribution in [3.63, 3.8) is 0 Å². The summed E-state index contributed by atoms with van der Waals surface area (Å²) in [6.07, 6.45) is 2.20. The summed E-state index contributed by atoms with van der Waals surface area (Å²) in [7, 11) is 1.75. The molecule has 2 aromatic heterocycles. The van der Waals surface area contributed by atoms with Crippen molar-refractivity contribution < 1.29 is 9.15 Å². The molecule has 26 heavy (non-hydrogen) atoms. The minimum absolute atomic E-state index is 0.722. The van der Waals surface area contributed by atoms with Gasteiger partial charge in [-0.2, -0.15) is 0 Å². The molecule has 5 heteroatoms. The van der Waals surface area contributed by atoms with Crippen LogP contribution >= 0.6 is 11.3 Å². The predicted molar refractivity (Wildman–Crippen MR) is 106 cm³/mol. The van der Waals surface area contributed by atoms with Crippen LogP contribution in [0.15, 0.2) is 52.3 Å². The van der Waals surface area contributed by atoms with Crippen LogP contribution < -0.4 is 0 Å². The van der Waals surface area contributed by atoms with E-state index >= 15 is 0 Å². The lowest BCUT2D eigenvalue weighted by Gasteiger charge is -2.21. The van der Waals surface area contributed by atoms with E-state index in [1.54, 1.807) is 18.4 Å². The lowest BCUT2D eigenvalue weighted by molar-refractivity contribution is 0.142. The van der Waals surface area contributed by atoms with E-state index in [1.165, 1.54) is 5.56 Å². The first-order chi connectivity index (χ1) is 12.8. The molecule has 3 rings (SSSR count). The molecule has 0 radical (unpaired) electrons. The molecule has 0 saturated carbocycles. The zero-order valence-electron chi connectivity index (χ0n) is 15.5. The highest BCUT2D eigenvalue weighted by Gasteiger charge is 2.15. The molecular formula is C21H26N2O2S. The van der Waals surface area contributed by atoms with Crippen LogP contribution in [-0.2, 0) is 17.7 Å². The lowest BCUT2D eigenvalue weighted by atomic mass is 10.1. The van der Waals surface area contributed by atoms with Gasteiger partial charge in [-0.15, -0.1) is 11.3 Å². The molecule has 0 fully saturated rings. The van der Waals surface area contributed by atoms with Gasteiger partial charge >= 0.3 is 0 Å². The standard InChI is InChI=1S/C21H26N2O2S/c1-17-19(22-21(25-17)20-11-7-15-26-20)16-23(13-14-24-2)12-6-10-18-8-4-3-5-9-18/h3-5,7-9,11,15H,6,10,12-14,16H2,1-2H3. The highest BCUT2D eigenvalue weighted by atomic mass is 32.1. The maximum absolute atomic E-state index is 5.88. The Morgan fingerprint density at radius 1 is 1.12 bits per heavy atom. The third-order valence-electron chi connectivity index (χ3n) is 4.39. The predicted octanol–water partition coefficient (Wildman–Crippen LogP) is 4.79. The van der Waals surface area contributed by atoms with Crippen LogP contribution in [0.25, 0.3) is 10.8 Å². The van der Waals surface area contributed by atoms with Gasteiger partial charge in [0, 0.05) is 20.2 Å². The van der Waals surface area contributed by atoms with Gasteiger partial charge in [-0.05, 0) is 43.3 Å². The van der Waals surface area contributed by atoms with Gasteiger partial charge in [0.05, 0.1) is 17.2 Å². The average Bonchev–Trinajstić information content (AvgIpc) is 3.31. The monoisotopic (exact) mass is 370 g/mol. The van der Waals surface area contributed by atoms with Gasteiger partial charge in [-0.25, -0.2) is 4.98 Å². The van der Waals surface area contributed by atoms with E-state index in [9.17, 15) is 0 Å². The first-order valence-corrected chi connectivity index (χ1v) is 9.89. The van der Waals surface area contributed by atoms with Crippen LogP contribution in [0.1, 0.15) is 23.4 Å². The van der Waals surface area contributed by atoms with Gasteiger partial charge in [0.25, 0.3) is 0 Å². The molecule has 1 aromatic carbocycles. The summed E-state index contributed by atoms with van der Waals surface area (Å²) in [4.78, 5) is 8.20. The number of oxazole rings is 1. The fourth-order valence-corrected chi connectivity index (χ4v) is 3.58. The van der Waals surface area contributed by atoms with Gasteiger partial charge < -0.3 is 9.15 Å². The number of ether oxygens (including phenoxy) is 1. The first kappa shape index (κ1) is 18.8. The van der Waals surface area contributed by atoms with Crippen molar-refractivity contribution in [1.82, 2.24) is 9.88 Å². The summed E-state index contributed by atoms with van der Waals surface area (Å²) < 4.78 is 11.2. The van der Waals surface area contributed by atoms with E-state index < -0.39 is 0 Å². The second kappa shape index (κ2) is 9.67. The van der Waals surface area contributed by atoms with Gasteiger partial charge in [0.1, 0.15) is 5.76 Å². The molecule has 0 bridgehead atoms. The maximum atomic E-state index is 5.88. The van der Waals surface area contributed by atoms with Gasteiger partial charge in [0.2, 0.25) is 5.89 Å². The Morgan fingerprint density at radius 3 is 2.69 bits per heavy atom. The highest BCUT2D eigenvalue weighted by Crippen LogP contribution is 2.26. The smallest absolute Gasteiger partial charge is 0.236 e. The van der Waals surface area contributed by atoms with E-state index in [0.29, 0.717) is 0 Å². The van der Waals surface area contributed by atoms with Crippen LogP contribution in [0, 0.1) is 6.92 Å². The van der Waals surface area contributed by atoms with Gasteiger partial charge in [-0.1, -0.05) is 36.4 Å². The first-order valence-electron chi connectivity index (χ1n) is 9.01. The van der Waals surface area contributed by atoms with Crippen LogP contribution in [-0.4, -0.2) is 36.7 Å². The molecule has 0 atom stereocenters. The summed E-state index contributed by atoms with van der Waals surface area (Å²) in [6.45, 7) is 5.42. The van der Waals surface area contributed by atoms with E-state index in [0.717, 1.165) is 61.3 Å². The molecule has 0 N–H and O–H groups in total. The van der Waals surface area contributed by atoms with E-state index in [1.807, 2.05) is 24.4 Å². The molecule has 138 valence electrons. The largest absolute Gasteiger partial charge is 0.440 e. The van der Waals surface area contributed by atoms with Crippen LogP contribution in [0.3, 0.4) is 0 Å². The van der Waals surface area contributed by atoms with Crippen LogP contribution in [0.2, 0.25) is 0 Å². The SMILES string of the molecule is COCCN(CCCc1ccccc1)Cc1nc(-c2cccs2)oc1C. The summed E-state index contributed by atoms with van der Waals surface area (Å²) in [5.41, 5.74) is 2.40. The zero-order valence-corrected chi connectivity index (χ0v) is 16.3. The molecule has 0 aliphatic heterocycles. The topological polar surface area (TPSA) is 38.5 Å². The van der Waals surface area contributed by atoms with Crippen LogP contribution in [0.5, 0.6) is 0 Å². The Hall–Kier alpha value is -1.95. The Morgan fingerprint density at radius 2 is 1.96 bits per heavy atom. The third kappa shape index (κ3) is 5.27. The molecule has 0 aliphatic rings. The molecule has 0 unspecified atom stereocenters. The molecule has 0 spiro atoms. The van der Waals surface area contributed by atoms with Crippen molar-refractivity contribution >= 4 is 11.3 Å². The van der Waals surface area contributed by atoms with Gasteiger partial charge in [0.15, 0.2) is 0 Å². The van der Waals surface area contributed by atoms with Crippen molar-refractivity contribution in [1.29, 1.82) is 0 Å². The zero-order chi connectivity index (χ0) is 18.2. The summed E-state index contributed by atoms with van der Waals surface area (Å²) in [5, 5.41) is 2.04. The van der Waals surface area contributed by atoms with Crippen molar-refractivity contribution in [2.24, 2.45) is 0 Å². The van der Waals surface area contributed by atoms with Crippen molar-refractivity contribution in [3.05, 3.63) is 64.9 Å². The highest BCUT2D eigenvalue weighted by molar-refractivity contribution is 7.13. The summed E-state index contributed by atoms with van der Waals surface area (Å²) >= 11 is 1.65. The average molecular weight is 371 g/mol. The molecule has 2 heterocycles. The number of hydrogen-bond donors (Lipinski definition) is 0. The number of benzene rings is 1. The number of hydrogen-bond acceptors (Lipinski definition) is 5. The molecule has 0 aliphatic carbocycles. The Labute approximate surface area is 159 Å². The number of aryl methyl sites for hydroxylation is 2. The Kier molecular flexibility index (Phi) is 7.00. The Bertz CT molecular complexity index is 769. The number of rotatable bonds is 10. The Balaban J connectivity index is 1.60. The number of nitrogens with zero attached hydrogens (tertiary/aromatic N) is 2. The lowest BCUT2D eigenvalue weighted by Crippen LogP contribution is -2.28. The number of thiophene rings is 1. The molecule has 0 amide bonds. The normalized spacial score (nSPS) is 11.3. The maximum Gasteiger partial charge on any atom is 0.236 e. The fraction of sp³-hybridized carbons (Fsp3) is 0.381. The van der Waals surface area contributed by atoms with Crippen molar-refractivity contribution in [2.75, 3.05) is 26.8 Å². The van der Waals surface area contributed by atoms with Crippen molar-refractivity contribution in [3.8, 4) is 10.8 Å². The fourth-order valence-electron chi connectivity index (χ4n) is 2.93. The molecular weight excluding hydrogens is 344 g/mol. The minimum atomic E-state index is 0.722. The van der Waals surface area contributed by atoms with E-state index in [-0.39, 0.29) is 0 Å². The quantitative estimate of drug-likeness (QED) is 0.514. The molecule has 3 aromatic rings. The number of methoxy groups -OCH3 is 1. The minimum Gasteiger partial charge on any atom is -0.440 e. The second-order valence-corrected chi connectivity index (χ2v) is 7.30. The van der Waals surface area contributed by atoms with E-state index in [2.05, 4.69) is 35.2 Å². The molecule has 4 nitrogen and oxygen atoms in total. The van der Waals surface area contributed by atoms with Crippen molar-refractivity contribution in [2.45, 2.75) is 26.3 Å². The number of aromatic nitrogens is 1. The van der Waals surface area contributed by atoms with E-state index in [4.69, 9.17) is 14.1 Å². The van der Waals surface area contributed by atoms with Gasteiger partial charge in [-0.3, -0.25) is 4.90 Å². The second-order valence-electron chi connectivity index (χ2n) is 6.36. The van der Waals surface area contributed by atoms with Crippen LogP contribution in [0.4, 0.5) is 0 Å². The summed E-state index contributed by atoms with van der Waals surface area (Å²) in [6, 6.07) is 14.7. The third-order valence-corrected chi connectivity index (χ3v) is 5.25. The molecule has 0 saturated heterocycles.